The topological polar surface area (TPSA) is 17.1 Å². The summed E-state index contributed by atoms with van der Waals surface area (Å²) >= 11 is 0. The lowest BCUT2D eigenvalue weighted by Gasteiger charge is -2.56. The van der Waals surface area contributed by atoms with Gasteiger partial charge in [-0.1, -0.05) is 20.8 Å². The number of hydrogen-bond acceptors (Lipinski definition) is 1. The average Bonchev–Trinajstić information content (AvgIpc) is 2.25. The Hall–Kier alpha value is -0.330. The minimum Gasteiger partial charge on any atom is -0.299 e. The van der Waals surface area contributed by atoms with Crippen molar-refractivity contribution in [2.75, 3.05) is 0 Å². The molecule has 4 aliphatic carbocycles. The van der Waals surface area contributed by atoms with Crippen molar-refractivity contribution >= 4 is 5.78 Å². The molecule has 19 heavy (non-hydrogen) atoms. The van der Waals surface area contributed by atoms with E-state index in [0.29, 0.717) is 11.2 Å². The van der Waals surface area contributed by atoms with E-state index in [2.05, 4.69) is 20.8 Å². The average molecular weight is 262 g/mol. The normalized spacial score (nSPS) is 40.7. The second-order valence-corrected chi connectivity index (χ2v) is 9.04. The van der Waals surface area contributed by atoms with Crippen molar-refractivity contribution in [3.8, 4) is 0 Å². The molecule has 4 aliphatic rings. The number of Topliss-reactive ketones (excluding diaryl/α,β-unsaturated/α-hetero) is 1. The predicted octanol–water partition coefficient (Wildman–Crippen LogP) is 4.99. The first-order chi connectivity index (χ1) is 8.86. The molecule has 0 aromatic rings. The maximum atomic E-state index is 12.8. The number of ketones is 1. The Kier molecular flexibility index (Phi) is 3.30. The quantitative estimate of drug-likeness (QED) is 0.697. The Labute approximate surface area is 118 Å². The molecule has 0 aliphatic heterocycles. The van der Waals surface area contributed by atoms with Crippen LogP contribution < -0.4 is 0 Å². The minimum atomic E-state index is 0.145. The first kappa shape index (κ1) is 13.6. The summed E-state index contributed by atoms with van der Waals surface area (Å²) in [5.41, 5.74) is 0.522. The van der Waals surface area contributed by atoms with E-state index in [9.17, 15) is 4.79 Å². The summed E-state index contributed by atoms with van der Waals surface area (Å²) in [5, 5.41) is 0. The van der Waals surface area contributed by atoms with Crippen molar-refractivity contribution < 1.29 is 4.79 Å². The van der Waals surface area contributed by atoms with Crippen LogP contribution in [0.1, 0.15) is 78.6 Å². The third-order valence-corrected chi connectivity index (χ3v) is 5.96. The SMILES string of the molecule is CC(C)(C)CCCC(=O)C12CC3CC(CC(C3)C1)C2. The van der Waals surface area contributed by atoms with Gasteiger partial charge in [0.15, 0.2) is 0 Å². The molecule has 0 saturated heterocycles. The number of carbonyl (C=O) groups excluding carboxylic acids is 1. The van der Waals surface area contributed by atoms with Gasteiger partial charge in [0.2, 0.25) is 0 Å². The maximum absolute atomic E-state index is 12.8. The lowest BCUT2D eigenvalue weighted by molar-refractivity contribution is -0.144. The highest BCUT2D eigenvalue weighted by atomic mass is 16.1. The smallest absolute Gasteiger partial charge is 0.139 e. The fraction of sp³-hybridized carbons (Fsp3) is 0.944. The molecule has 4 saturated carbocycles. The van der Waals surface area contributed by atoms with Gasteiger partial charge in [-0.25, -0.2) is 0 Å². The van der Waals surface area contributed by atoms with E-state index >= 15 is 0 Å². The minimum absolute atomic E-state index is 0.145. The maximum Gasteiger partial charge on any atom is 0.139 e. The molecule has 0 radical (unpaired) electrons. The van der Waals surface area contributed by atoms with Crippen LogP contribution in [-0.4, -0.2) is 5.78 Å². The van der Waals surface area contributed by atoms with Crippen LogP contribution in [0.2, 0.25) is 0 Å². The molecular weight excluding hydrogens is 232 g/mol. The Balaban J connectivity index is 1.60. The molecule has 0 spiro atoms. The van der Waals surface area contributed by atoms with Crippen LogP contribution in [0.5, 0.6) is 0 Å². The van der Waals surface area contributed by atoms with Gasteiger partial charge < -0.3 is 0 Å². The first-order valence-corrected chi connectivity index (χ1v) is 8.40. The zero-order chi connectivity index (χ0) is 13.7. The molecule has 4 rings (SSSR count). The van der Waals surface area contributed by atoms with Crippen molar-refractivity contribution in [1.29, 1.82) is 0 Å². The van der Waals surface area contributed by atoms with Gasteiger partial charge in [-0.15, -0.1) is 0 Å². The van der Waals surface area contributed by atoms with E-state index in [4.69, 9.17) is 0 Å². The zero-order valence-electron chi connectivity index (χ0n) is 13.0. The van der Waals surface area contributed by atoms with Crippen LogP contribution in [0.4, 0.5) is 0 Å². The third-order valence-electron chi connectivity index (χ3n) is 5.96. The Morgan fingerprint density at radius 2 is 1.47 bits per heavy atom. The lowest BCUT2D eigenvalue weighted by atomic mass is 9.48. The molecule has 1 nitrogen and oxygen atoms in total. The molecule has 0 unspecified atom stereocenters. The number of rotatable bonds is 4. The van der Waals surface area contributed by atoms with Crippen LogP contribution in [0.15, 0.2) is 0 Å². The summed E-state index contributed by atoms with van der Waals surface area (Å²) in [5.74, 6) is 3.34. The van der Waals surface area contributed by atoms with Crippen LogP contribution in [0.25, 0.3) is 0 Å². The monoisotopic (exact) mass is 262 g/mol. The summed E-state index contributed by atoms with van der Waals surface area (Å²) in [6.07, 6.45) is 11.2. The second-order valence-electron chi connectivity index (χ2n) is 9.04. The molecule has 0 amide bonds. The zero-order valence-corrected chi connectivity index (χ0v) is 13.0. The van der Waals surface area contributed by atoms with E-state index in [1.165, 1.54) is 44.9 Å². The molecule has 0 aromatic heterocycles. The molecular formula is C18H30O. The van der Waals surface area contributed by atoms with Gasteiger partial charge in [0.05, 0.1) is 0 Å². The Morgan fingerprint density at radius 3 is 1.89 bits per heavy atom. The van der Waals surface area contributed by atoms with Gasteiger partial charge in [-0.3, -0.25) is 4.79 Å². The fourth-order valence-corrected chi connectivity index (χ4v) is 5.50. The largest absolute Gasteiger partial charge is 0.299 e. The van der Waals surface area contributed by atoms with Crippen LogP contribution in [0, 0.1) is 28.6 Å². The van der Waals surface area contributed by atoms with Crippen molar-refractivity contribution in [2.24, 2.45) is 28.6 Å². The van der Waals surface area contributed by atoms with Crippen LogP contribution >= 0.6 is 0 Å². The molecule has 108 valence electrons. The fourth-order valence-electron chi connectivity index (χ4n) is 5.50. The summed E-state index contributed by atoms with van der Waals surface area (Å²) in [6, 6.07) is 0. The summed E-state index contributed by atoms with van der Waals surface area (Å²) in [6.45, 7) is 6.84. The highest BCUT2D eigenvalue weighted by molar-refractivity contribution is 5.85. The van der Waals surface area contributed by atoms with Crippen LogP contribution in [0.3, 0.4) is 0 Å². The highest BCUT2D eigenvalue weighted by Gasteiger charge is 2.53. The van der Waals surface area contributed by atoms with E-state index in [0.717, 1.165) is 30.6 Å². The standard InChI is InChI=1S/C18H30O/c1-17(2,3)6-4-5-16(19)18-10-13-7-14(11-18)9-15(8-13)12-18/h13-15H,4-12H2,1-3H3. The Bertz CT molecular complexity index is 325. The number of hydrogen-bond donors (Lipinski definition) is 0. The summed E-state index contributed by atoms with van der Waals surface area (Å²) in [4.78, 5) is 12.8. The van der Waals surface area contributed by atoms with Gasteiger partial charge in [0, 0.05) is 11.8 Å². The van der Waals surface area contributed by atoms with Crippen molar-refractivity contribution in [2.45, 2.75) is 78.6 Å². The molecule has 4 fully saturated rings. The van der Waals surface area contributed by atoms with E-state index < -0.39 is 0 Å². The third kappa shape index (κ3) is 2.76. The van der Waals surface area contributed by atoms with Gasteiger partial charge in [0.25, 0.3) is 0 Å². The molecule has 0 N–H and O–H groups in total. The van der Waals surface area contributed by atoms with E-state index in [1.54, 1.807) is 0 Å². The highest BCUT2D eigenvalue weighted by Crippen LogP contribution is 2.60. The molecule has 0 aromatic carbocycles. The van der Waals surface area contributed by atoms with Crippen molar-refractivity contribution in [1.82, 2.24) is 0 Å². The van der Waals surface area contributed by atoms with Crippen LogP contribution in [-0.2, 0) is 4.79 Å². The molecule has 0 atom stereocenters. The van der Waals surface area contributed by atoms with Crippen molar-refractivity contribution in [3.63, 3.8) is 0 Å². The van der Waals surface area contributed by atoms with Gasteiger partial charge in [0.1, 0.15) is 5.78 Å². The predicted molar refractivity (Wildman–Crippen MR) is 78.9 cm³/mol. The first-order valence-electron chi connectivity index (χ1n) is 8.40. The molecule has 4 bridgehead atoms. The lowest BCUT2D eigenvalue weighted by Crippen LogP contribution is -2.50. The van der Waals surface area contributed by atoms with Crippen molar-refractivity contribution in [3.05, 3.63) is 0 Å². The molecule has 0 heterocycles. The molecule has 1 heteroatoms. The second kappa shape index (κ2) is 4.60. The van der Waals surface area contributed by atoms with E-state index in [-0.39, 0.29) is 5.41 Å². The van der Waals surface area contributed by atoms with Gasteiger partial charge in [-0.05, 0) is 74.5 Å². The summed E-state index contributed by atoms with van der Waals surface area (Å²) in [7, 11) is 0. The number of carbonyl (C=O) groups is 1. The van der Waals surface area contributed by atoms with Gasteiger partial charge in [-0.2, -0.15) is 0 Å². The van der Waals surface area contributed by atoms with Gasteiger partial charge >= 0.3 is 0 Å². The summed E-state index contributed by atoms with van der Waals surface area (Å²) < 4.78 is 0. The van der Waals surface area contributed by atoms with E-state index in [1.807, 2.05) is 0 Å². The Morgan fingerprint density at radius 1 is 1.00 bits per heavy atom.